The Hall–Kier alpha value is -0.0900. The molecule has 0 aliphatic heterocycles. The summed E-state index contributed by atoms with van der Waals surface area (Å²) in [5, 5.41) is 8.01. The van der Waals surface area contributed by atoms with E-state index in [1.165, 1.54) is 6.92 Å². The second-order valence-electron chi connectivity index (χ2n) is 1.16. The first-order valence-corrected chi connectivity index (χ1v) is 3.76. The number of sulfone groups is 1. The van der Waals surface area contributed by atoms with Gasteiger partial charge in [0.2, 0.25) is 0 Å². The van der Waals surface area contributed by atoms with Gasteiger partial charge in [-0.2, -0.15) is 0 Å². The van der Waals surface area contributed by atoms with Crippen molar-refractivity contribution < 1.29 is 13.5 Å². The van der Waals surface area contributed by atoms with E-state index in [0.717, 1.165) is 0 Å². The Balaban J connectivity index is 3.89. The van der Waals surface area contributed by atoms with Crippen LogP contribution in [-0.2, 0) is 9.84 Å². The van der Waals surface area contributed by atoms with Gasteiger partial charge in [-0.1, -0.05) is 6.92 Å². The number of aliphatic hydroxyl groups excluding tert-OH is 1. The molecule has 0 saturated heterocycles. The van der Waals surface area contributed by atoms with Crippen molar-refractivity contribution in [3.8, 4) is 0 Å². The molecule has 0 saturated carbocycles. The number of hydrogen-bond donors (Lipinski definition) is 1. The molecule has 0 radical (unpaired) electrons. The highest BCUT2D eigenvalue weighted by molar-refractivity contribution is 7.91. The monoisotopic (exact) mass is 124 g/mol. The van der Waals surface area contributed by atoms with Crippen LogP contribution in [0.4, 0.5) is 0 Å². The Morgan fingerprint density at radius 1 is 1.57 bits per heavy atom. The van der Waals surface area contributed by atoms with Crippen molar-refractivity contribution in [3.05, 3.63) is 0 Å². The van der Waals surface area contributed by atoms with Gasteiger partial charge in [0.1, 0.15) is 5.94 Å². The molecule has 0 atom stereocenters. The Labute approximate surface area is 42.9 Å². The van der Waals surface area contributed by atoms with Gasteiger partial charge < -0.3 is 5.11 Å². The van der Waals surface area contributed by atoms with Gasteiger partial charge >= 0.3 is 0 Å². The maximum Gasteiger partial charge on any atom is 0.173 e. The van der Waals surface area contributed by atoms with E-state index < -0.39 is 15.8 Å². The van der Waals surface area contributed by atoms with Crippen molar-refractivity contribution in [3.63, 3.8) is 0 Å². The van der Waals surface area contributed by atoms with E-state index in [2.05, 4.69) is 0 Å². The van der Waals surface area contributed by atoms with E-state index >= 15 is 0 Å². The van der Waals surface area contributed by atoms with Gasteiger partial charge in [-0.25, -0.2) is 8.42 Å². The Morgan fingerprint density at radius 2 is 2.00 bits per heavy atom. The van der Waals surface area contributed by atoms with E-state index in [0.29, 0.717) is 0 Å². The van der Waals surface area contributed by atoms with Crippen molar-refractivity contribution >= 4 is 9.84 Å². The molecule has 0 aliphatic rings. The summed E-state index contributed by atoms with van der Waals surface area (Å²) >= 11 is 0. The molecular formula is C3H8O3S. The van der Waals surface area contributed by atoms with Gasteiger partial charge in [-0.3, -0.25) is 0 Å². The Bertz CT molecular complexity index is 113. The van der Waals surface area contributed by atoms with Gasteiger partial charge in [-0.05, 0) is 0 Å². The van der Waals surface area contributed by atoms with Crippen LogP contribution < -0.4 is 0 Å². The third kappa shape index (κ3) is 2.59. The van der Waals surface area contributed by atoms with Crippen LogP contribution in [0.25, 0.3) is 0 Å². The maximum absolute atomic E-state index is 10.1. The van der Waals surface area contributed by atoms with Crippen molar-refractivity contribution in [2.24, 2.45) is 0 Å². The molecule has 4 heteroatoms. The zero-order valence-corrected chi connectivity index (χ0v) is 4.90. The maximum atomic E-state index is 10.1. The van der Waals surface area contributed by atoms with Crippen LogP contribution in [0.2, 0.25) is 0 Å². The minimum atomic E-state index is -3.10. The van der Waals surface area contributed by atoms with E-state index in [1.807, 2.05) is 0 Å². The van der Waals surface area contributed by atoms with Crippen LogP contribution in [0.15, 0.2) is 0 Å². The topological polar surface area (TPSA) is 54.4 Å². The SMILES string of the molecule is CCS(=O)(=O)CO. The second-order valence-corrected chi connectivity index (χ2v) is 3.48. The molecule has 0 rings (SSSR count). The minimum Gasteiger partial charge on any atom is -0.380 e. The summed E-state index contributed by atoms with van der Waals surface area (Å²) in [6, 6.07) is 0. The lowest BCUT2D eigenvalue weighted by Crippen LogP contribution is -2.06. The van der Waals surface area contributed by atoms with Gasteiger partial charge in [0, 0.05) is 5.75 Å². The first-order valence-electron chi connectivity index (χ1n) is 1.93. The molecule has 3 nitrogen and oxygen atoms in total. The summed E-state index contributed by atoms with van der Waals surface area (Å²) in [6.45, 7) is 1.49. The van der Waals surface area contributed by atoms with Crippen LogP contribution in [-0.4, -0.2) is 25.2 Å². The van der Waals surface area contributed by atoms with Crippen molar-refractivity contribution in [1.29, 1.82) is 0 Å². The molecule has 44 valence electrons. The Morgan fingerprint density at radius 3 is 2.00 bits per heavy atom. The molecule has 0 aromatic heterocycles. The van der Waals surface area contributed by atoms with Crippen LogP contribution in [0.5, 0.6) is 0 Å². The van der Waals surface area contributed by atoms with Gasteiger partial charge in [0.15, 0.2) is 9.84 Å². The van der Waals surface area contributed by atoms with Crippen molar-refractivity contribution in [2.75, 3.05) is 11.7 Å². The lowest BCUT2D eigenvalue weighted by Gasteiger charge is -1.88. The fourth-order valence-electron chi connectivity index (χ4n) is 0.0913. The zero-order valence-electron chi connectivity index (χ0n) is 4.09. The molecule has 7 heavy (non-hydrogen) atoms. The molecular weight excluding hydrogens is 116 g/mol. The first kappa shape index (κ1) is 6.91. The van der Waals surface area contributed by atoms with Crippen LogP contribution >= 0.6 is 0 Å². The summed E-state index contributed by atoms with van der Waals surface area (Å²) in [4.78, 5) is 0. The minimum absolute atomic E-state index is 0.0174. The van der Waals surface area contributed by atoms with Crippen molar-refractivity contribution in [1.82, 2.24) is 0 Å². The van der Waals surface area contributed by atoms with Gasteiger partial charge in [0.05, 0.1) is 0 Å². The first-order chi connectivity index (χ1) is 3.12. The smallest absolute Gasteiger partial charge is 0.173 e. The van der Waals surface area contributed by atoms with Gasteiger partial charge in [0.25, 0.3) is 0 Å². The third-order valence-electron chi connectivity index (χ3n) is 0.637. The van der Waals surface area contributed by atoms with E-state index in [4.69, 9.17) is 5.11 Å². The summed E-state index contributed by atoms with van der Waals surface area (Å²) < 4.78 is 20.2. The molecule has 0 aliphatic carbocycles. The summed E-state index contributed by atoms with van der Waals surface area (Å²) in [5.74, 6) is -0.715. The fourth-order valence-corrected chi connectivity index (χ4v) is 0.274. The molecule has 0 spiro atoms. The average Bonchev–Trinajstić information content (AvgIpc) is 1.68. The largest absolute Gasteiger partial charge is 0.380 e. The molecule has 0 fully saturated rings. The lowest BCUT2D eigenvalue weighted by atomic mass is 11.0. The quantitative estimate of drug-likeness (QED) is 0.533. The zero-order chi connectivity index (χ0) is 5.91. The second kappa shape index (κ2) is 2.28. The number of aliphatic hydroxyl groups is 1. The molecule has 0 amide bonds. The summed E-state index contributed by atoms with van der Waals surface area (Å²) in [5.41, 5.74) is 0. The number of rotatable bonds is 2. The van der Waals surface area contributed by atoms with Crippen LogP contribution in [0.3, 0.4) is 0 Å². The molecule has 0 aromatic rings. The molecule has 0 heterocycles. The Kier molecular flexibility index (Phi) is 2.25. The highest BCUT2D eigenvalue weighted by atomic mass is 32.2. The predicted octanol–water partition coefficient (Wildman–Crippen LogP) is -0.629. The van der Waals surface area contributed by atoms with Crippen LogP contribution in [0.1, 0.15) is 6.92 Å². The summed E-state index contributed by atoms with van der Waals surface area (Å²) in [6.07, 6.45) is 0. The standard InChI is InChI=1S/C3H8O3S/c1-2-7(5,6)3-4/h4H,2-3H2,1H3. The van der Waals surface area contributed by atoms with E-state index in [-0.39, 0.29) is 5.75 Å². The fraction of sp³-hybridized carbons (Fsp3) is 1.00. The molecule has 0 bridgehead atoms. The lowest BCUT2D eigenvalue weighted by molar-refractivity contribution is 0.359. The highest BCUT2D eigenvalue weighted by Crippen LogP contribution is 1.82. The normalized spacial score (nSPS) is 11.7. The third-order valence-corrected chi connectivity index (χ3v) is 1.91. The van der Waals surface area contributed by atoms with E-state index in [9.17, 15) is 8.42 Å². The highest BCUT2D eigenvalue weighted by Gasteiger charge is 2.00. The predicted molar refractivity (Wildman–Crippen MR) is 26.5 cm³/mol. The summed E-state index contributed by atoms with van der Waals surface area (Å²) in [7, 11) is -3.10. The average molecular weight is 124 g/mol. The van der Waals surface area contributed by atoms with E-state index in [1.54, 1.807) is 0 Å². The van der Waals surface area contributed by atoms with Crippen molar-refractivity contribution in [2.45, 2.75) is 6.92 Å². The molecule has 0 aromatic carbocycles. The number of hydrogen-bond acceptors (Lipinski definition) is 3. The molecule has 0 unspecified atom stereocenters. The molecule has 1 N–H and O–H groups in total. The van der Waals surface area contributed by atoms with Gasteiger partial charge in [-0.15, -0.1) is 0 Å². The van der Waals surface area contributed by atoms with Crippen LogP contribution in [0, 0.1) is 0 Å².